The van der Waals surface area contributed by atoms with Crippen LogP contribution in [0.1, 0.15) is 78.7 Å². The quantitative estimate of drug-likeness (QED) is 0.218. The molecule has 0 aliphatic carbocycles. The molecule has 0 radical (unpaired) electrons. The fraction of sp³-hybridized carbons (Fsp3) is 0.393. The Balaban J connectivity index is 1.81. The van der Waals surface area contributed by atoms with Gasteiger partial charge in [-0.2, -0.15) is 5.26 Å². The van der Waals surface area contributed by atoms with Crippen LogP contribution in [0.4, 0.5) is 0 Å². The van der Waals surface area contributed by atoms with Crippen molar-refractivity contribution in [3.8, 4) is 15.8 Å². The van der Waals surface area contributed by atoms with Crippen LogP contribution in [0.25, 0.3) is 28.0 Å². The van der Waals surface area contributed by atoms with Gasteiger partial charge in [-0.1, -0.05) is 33.1 Å². The van der Waals surface area contributed by atoms with E-state index >= 15 is 0 Å². The Hall–Kier alpha value is -2.35. The summed E-state index contributed by atoms with van der Waals surface area (Å²) >= 11 is 3.56. The van der Waals surface area contributed by atoms with Crippen molar-refractivity contribution in [1.29, 1.82) is 5.26 Å². The molecule has 0 unspecified atom stereocenters. The maximum Gasteiger partial charge on any atom is 0.0944 e. The SMILES string of the molecule is CCCCCCn1c(C)c(CC)c(C)c1/C=C/c1ccc(-c2ccc(/C=C(\C)C#N)s2)s1. The van der Waals surface area contributed by atoms with Gasteiger partial charge in [0.2, 0.25) is 0 Å². The van der Waals surface area contributed by atoms with Crippen molar-refractivity contribution in [2.45, 2.75) is 73.3 Å². The van der Waals surface area contributed by atoms with Gasteiger partial charge in [-0.05, 0) is 87.2 Å². The highest BCUT2D eigenvalue weighted by Gasteiger charge is 2.14. The molecule has 0 N–H and O–H groups in total. The Morgan fingerprint density at radius 2 is 1.66 bits per heavy atom. The molecule has 0 aliphatic rings. The van der Waals surface area contributed by atoms with Crippen LogP contribution in [0, 0.1) is 25.2 Å². The van der Waals surface area contributed by atoms with Crippen molar-refractivity contribution in [1.82, 2.24) is 4.57 Å². The van der Waals surface area contributed by atoms with E-state index in [-0.39, 0.29) is 0 Å². The molecule has 3 heterocycles. The van der Waals surface area contributed by atoms with Crippen LogP contribution in [0.5, 0.6) is 0 Å². The number of hydrogen-bond donors (Lipinski definition) is 0. The van der Waals surface area contributed by atoms with Crippen molar-refractivity contribution in [3.63, 3.8) is 0 Å². The largest absolute Gasteiger partial charge is 0.345 e. The van der Waals surface area contributed by atoms with E-state index in [2.05, 4.69) is 74.7 Å². The van der Waals surface area contributed by atoms with Crippen molar-refractivity contribution in [3.05, 3.63) is 62.1 Å². The zero-order valence-electron chi connectivity index (χ0n) is 20.0. The predicted molar refractivity (Wildman–Crippen MR) is 143 cm³/mol. The summed E-state index contributed by atoms with van der Waals surface area (Å²) < 4.78 is 2.53. The fourth-order valence-corrected chi connectivity index (χ4v) is 6.25. The van der Waals surface area contributed by atoms with Crippen LogP contribution in [0.2, 0.25) is 0 Å². The minimum Gasteiger partial charge on any atom is -0.345 e. The van der Waals surface area contributed by atoms with Crippen LogP contribution >= 0.6 is 22.7 Å². The molecular formula is C28H34N2S2. The maximum absolute atomic E-state index is 9.00. The maximum atomic E-state index is 9.00. The minimum absolute atomic E-state index is 0.739. The second-order valence-electron chi connectivity index (χ2n) is 8.32. The monoisotopic (exact) mass is 462 g/mol. The van der Waals surface area contributed by atoms with Crippen molar-refractivity contribution in [2.75, 3.05) is 0 Å². The molecule has 0 fully saturated rings. The molecule has 0 amide bonds. The lowest BCUT2D eigenvalue weighted by Gasteiger charge is -2.10. The summed E-state index contributed by atoms with van der Waals surface area (Å²) in [6.45, 7) is 12.0. The molecule has 168 valence electrons. The molecule has 0 saturated heterocycles. The molecule has 3 aromatic rings. The van der Waals surface area contributed by atoms with Crippen molar-refractivity contribution >= 4 is 40.9 Å². The molecule has 0 atom stereocenters. The van der Waals surface area contributed by atoms with Gasteiger partial charge < -0.3 is 4.57 Å². The highest BCUT2D eigenvalue weighted by atomic mass is 32.1. The van der Waals surface area contributed by atoms with E-state index in [9.17, 15) is 0 Å². The number of aromatic nitrogens is 1. The average Bonchev–Trinajstić information content (AvgIpc) is 3.49. The van der Waals surface area contributed by atoms with Gasteiger partial charge in [0, 0.05) is 43.0 Å². The van der Waals surface area contributed by atoms with Gasteiger partial charge in [0.1, 0.15) is 0 Å². The first-order chi connectivity index (χ1) is 15.5. The molecule has 4 heteroatoms. The van der Waals surface area contributed by atoms with Gasteiger partial charge in [-0.25, -0.2) is 0 Å². The molecule has 0 aromatic carbocycles. The van der Waals surface area contributed by atoms with Gasteiger partial charge >= 0.3 is 0 Å². The predicted octanol–water partition coefficient (Wildman–Crippen LogP) is 9.13. The second kappa shape index (κ2) is 11.5. The molecule has 3 aromatic heterocycles. The molecule has 32 heavy (non-hydrogen) atoms. The summed E-state index contributed by atoms with van der Waals surface area (Å²) in [5, 5.41) is 9.00. The summed E-state index contributed by atoms with van der Waals surface area (Å²) in [7, 11) is 0. The molecule has 2 nitrogen and oxygen atoms in total. The topological polar surface area (TPSA) is 28.7 Å². The van der Waals surface area contributed by atoms with Crippen LogP contribution in [-0.4, -0.2) is 4.57 Å². The van der Waals surface area contributed by atoms with E-state index in [4.69, 9.17) is 5.26 Å². The molecule has 3 rings (SSSR count). The fourth-order valence-electron chi connectivity index (χ4n) is 4.24. The number of unbranched alkanes of at least 4 members (excludes halogenated alkanes) is 3. The highest BCUT2D eigenvalue weighted by molar-refractivity contribution is 7.22. The summed E-state index contributed by atoms with van der Waals surface area (Å²) in [6, 6.07) is 10.9. The van der Waals surface area contributed by atoms with Gasteiger partial charge in [0.25, 0.3) is 0 Å². The lowest BCUT2D eigenvalue weighted by atomic mass is 10.1. The van der Waals surface area contributed by atoms with E-state index in [1.807, 2.05) is 24.3 Å². The van der Waals surface area contributed by atoms with E-state index in [0.717, 1.165) is 23.4 Å². The number of thiophene rings is 2. The van der Waals surface area contributed by atoms with E-state index in [1.54, 1.807) is 11.3 Å². The Morgan fingerprint density at radius 1 is 0.969 bits per heavy atom. The van der Waals surface area contributed by atoms with Crippen LogP contribution in [0.15, 0.2) is 29.8 Å². The minimum atomic E-state index is 0.739. The first-order valence-corrected chi connectivity index (χ1v) is 13.3. The second-order valence-corrected chi connectivity index (χ2v) is 10.5. The average molecular weight is 463 g/mol. The third-order valence-corrected chi connectivity index (χ3v) is 8.27. The van der Waals surface area contributed by atoms with Crippen molar-refractivity contribution < 1.29 is 0 Å². The molecule has 0 aliphatic heterocycles. The van der Waals surface area contributed by atoms with E-state index in [1.165, 1.54) is 62.8 Å². The number of nitrogens with zero attached hydrogens (tertiary/aromatic N) is 2. The third-order valence-electron chi connectivity index (χ3n) is 6.00. The van der Waals surface area contributed by atoms with Crippen LogP contribution < -0.4 is 0 Å². The normalized spacial score (nSPS) is 12.1. The Kier molecular flexibility index (Phi) is 8.73. The Bertz CT molecular complexity index is 1140. The standard InChI is InChI=1S/C28H34N2S2/c1-6-8-9-10-17-30-22(5)25(7-2)21(4)26(30)14-11-23-12-15-27(31-23)28-16-13-24(32-28)18-20(3)19-29/h11-16,18H,6-10,17H2,1-5H3/b14-11+,20-18+. The summed E-state index contributed by atoms with van der Waals surface area (Å²) in [5.41, 5.74) is 6.46. The van der Waals surface area contributed by atoms with Gasteiger partial charge in [0.05, 0.1) is 6.07 Å². The summed E-state index contributed by atoms with van der Waals surface area (Å²) in [6.07, 6.45) is 12.8. The first-order valence-electron chi connectivity index (χ1n) is 11.6. The first kappa shape index (κ1) is 24.3. The van der Waals surface area contributed by atoms with Crippen LogP contribution in [0.3, 0.4) is 0 Å². The van der Waals surface area contributed by atoms with E-state index in [0.29, 0.717) is 0 Å². The molecule has 0 saturated carbocycles. The number of allylic oxidation sites excluding steroid dienone is 1. The van der Waals surface area contributed by atoms with Crippen molar-refractivity contribution in [2.24, 2.45) is 0 Å². The number of rotatable bonds is 10. The molecular weight excluding hydrogens is 428 g/mol. The Labute approximate surface area is 201 Å². The summed E-state index contributed by atoms with van der Waals surface area (Å²) in [4.78, 5) is 4.93. The van der Waals surface area contributed by atoms with Gasteiger partial charge in [0.15, 0.2) is 0 Å². The smallest absolute Gasteiger partial charge is 0.0944 e. The Morgan fingerprint density at radius 3 is 2.31 bits per heavy atom. The number of nitriles is 1. The highest BCUT2D eigenvalue weighted by Crippen LogP contribution is 2.35. The van der Waals surface area contributed by atoms with Gasteiger partial charge in [-0.3, -0.25) is 0 Å². The van der Waals surface area contributed by atoms with Gasteiger partial charge in [-0.15, -0.1) is 22.7 Å². The molecule has 0 bridgehead atoms. The zero-order valence-corrected chi connectivity index (χ0v) is 21.6. The number of hydrogen-bond acceptors (Lipinski definition) is 3. The molecule has 0 spiro atoms. The lowest BCUT2D eigenvalue weighted by molar-refractivity contribution is 0.573. The van der Waals surface area contributed by atoms with Crippen LogP contribution in [-0.2, 0) is 13.0 Å². The summed E-state index contributed by atoms with van der Waals surface area (Å²) in [5.74, 6) is 0. The van der Waals surface area contributed by atoms with E-state index < -0.39 is 0 Å². The third kappa shape index (κ3) is 5.71. The zero-order chi connectivity index (χ0) is 23.1. The lowest BCUT2D eigenvalue weighted by Crippen LogP contribution is -2.03.